The number of aromatic amines is 1. The van der Waals surface area contributed by atoms with E-state index in [4.69, 9.17) is 0 Å². The van der Waals surface area contributed by atoms with E-state index in [1.807, 2.05) is 0 Å². The molecule has 122 valence electrons. The number of piperazine rings is 1. The van der Waals surface area contributed by atoms with Crippen LogP contribution in [0, 0.1) is 0 Å². The molecule has 1 amide bonds. The first kappa shape index (κ1) is 15.5. The van der Waals surface area contributed by atoms with Crippen LogP contribution in [0.3, 0.4) is 0 Å². The number of hydrogen-bond acceptors (Lipinski definition) is 4. The summed E-state index contributed by atoms with van der Waals surface area (Å²) in [6, 6.07) is 0.379. The monoisotopic (exact) mass is 305 g/mol. The summed E-state index contributed by atoms with van der Waals surface area (Å²) in [6.07, 6.45) is 7.78. The molecule has 0 bridgehead atoms. The molecule has 1 atom stereocenters. The molecular formula is C16H27N5O. The number of aromatic nitrogens is 2. The minimum Gasteiger partial charge on any atom is -0.341 e. The number of nitrogens with one attached hydrogen (secondary N) is 1. The van der Waals surface area contributed by atoms with Crippen LogP contribution in [0.5, 0.6) is 0 Å². The highest BCUT2D eigenvalue weighted by molar-refractivity contribution is 5.92. The van der Waals surface area contributed by atoms with E-state index in [9.17, 15) is 4.79 Å². The Morgan fingerprint density at radius 3 is 2.82 bits per heavy atom. The molecular weight excluding hydrogens is 278 g/mol. The highest BCUT2D eigenvalue weighted by atomic mass is 16.2. The summed E-state index contributed by atoms with van der Waals surface area (Å²) in [6.45, 7) is 6.59. The van der Waals surface area contributed by atoms with Crippen LogP contribution in [-0.2, 0) is 0 Å². The fourth-order valence-corrected chi connectivity index (χ4v) is 3.50. The molecule has 2 aliphatic rings. The van der Waals surface area contributed by atoms with Crippen molar-refractivity contribution in [3.8, 4) is 0 Å². The van der Waals surface area contributed by atoms with Gasteiger partial charge in [0.1, 0.15) is 5.69 Å². The molecule has 6 nitrogen and oxygen atoms in total. The second-order valence-corrected chi connectivity index (χ2v) is 6.55. The number of carbonyl (C=O) groups excluding carboxylic acids is 1. The second-order valence-electron chi connectivity index (χ2n) is 6.55. The lowest BCUT2D eigenvalue weighted by molar-refractivity contribution is 0.0564. The van der Waals surface area contributed by atoms with Crippen LogP contribution in [0.2, 0.25) is 0 Å². The zero-order valence-electron chi connectivity index (χ0n) is 13.5. The Labute approximate surface area is 132 Å². The first-order chi connectivity index (χ1) is 10.7. The van der Waals surface area contributed by atoms with E-state index in [2.05, 4.69) is 31.7 Å². The summed E-state index contributed by atoms with van der Waals surface area (Å²) in [5.74, 6) is 0.112. The van der Waals surface area contributed by atoms with Gasteiger partial charge in [-0.3, -0.25) is 4.79 Å². The zero-order valence-corrected chi connectivity index (χ0v) is 13.5. The first-order valence-corrected chi connectivity index (χ1v) is 8.44. The number of carbonyl (C=O) groups is 1. The van der Waals surface area contributed by atoms with E-state index in [0.29, 0.717) is 11.7 Å². The van der Waals surface area contributed by atoms with Crippen LogP contribution >= 0.6 is 0 Å². The fraction of sp³-hybridized carbons (Fsp3) is 0.750. The van der Waals surface area contributed by atoms with E-state index in [-0.39, 0.29) is 5.91 Å². The third kappa shape index (κ3) is 3.67. The Hall–Kier alpha value is -1.40. The molecule has 0 unspecified atom stereocenters. The van der Waals surface area contributed by atoms with Crippen LogP contribution in [0.4, 0.5) is 0 Å². The Bertz CT molecular complexity index is 467. The number of hydrogen-bond donors (Lipinski definition) is 1. The number of rotatable bonds is 4. The zero-order chi connectivity index (χ0) is 15.4. The Kier molecular flexibility index (Phi) is 5.10. The SMILES string of the molecule is CN1CCN(CC[C@H]2CCCCN2C(=O)c2cnc[nH]2)CC1. The largest absolute Gasteiger partial charge is 0.341 e. The number of amides is 1. The number of likely N-dealkylation sites (tertiary alicyclic amines) is 1. The molecule has 0 radical (unpaired) electrons. The van der Waals surface area contributed by atoms with E-state index in [0.717, 1.165) is 58.5 Å². The number of likely N-dealkylation sites (N-methyl/N-ethyl adjacent to an activating group) is 1. The van der Waals surface area contributed by atoms with Crippen molar-refractivity contribution in [2.75, 3.05) is 46.3 Å². The Morgan fingerprint density at radius 1 is 1.27 bits per heavy atom. The lowest BCUT2D eigenvalue weighted by atomic mass is 9.98. The molecule has 1 N–H and O–H groups in total. The van der Waals surface area contributed by atoms with Gasteiger partial charge in [-0.15, -0.1) is 0 Å². The van der Waals surface area contributed by atoms with Gasteiger partial charge >= 0.3 is 0 Å². The maximum absolute atomic E-state index is 12.6. The molecule has 1 aromatic rings. The highest BCUT2D eigenvalue weighted by Crippen LogP contribution is 2.22. The first-order valence-electron chi connectivity index (χ1n) is 8.44. The second kappa shape index (κ2) is 7.24. The summed E-state index contributed by atoms with van der Waals surface area (Å²) in [5.41, 5.74) is 0.617. The third-order valence-electron chi connectivity index (χ3n) is 4.99. The van der Waals surface area contributed by atoms with Crippen LogP contribution < -0.4 is 0 Å². The van der Waals surface area contributed by atoms with Crippen molar-refractivity contribution >= 4 is 5.91 Å². The van der Waals surface area contributed by atoms with Gasteiger partial charge in [-0.25, -0.2) is 4.98 Å². The van der Waals surface area contributed by atoms with Crippen molar-refractivity contribution in [2.24, 2.45) is 0 Å². The Balaban J connectivity index is 1.55. The van der Waals surface area contributed by atoms with Crippen molar-refractivity contribution in [3.63, 3.8) is 0 Å². The smallest absolute Gasteiger partial charge is 0.272 e. The average molecular weight is 305 g/mol. The number of imidazole rings is 1. The van der Waals surface area contributed by atoms with Gasteiger partial charge in [0.05, 0.1) is 12.5 Å². The van der Waals surface area contributed by atoms with Crippen molar-refractivity contribution in [1.82, 2.24) is 24.7 Å². The van der Waals surface area contributed by atoms with Gasteiger partial charge in [0.2, 0.25) is 0 Å². The molecule has 2 fully saturated rings. The summed E-state index contributed by atoms with van der Waals surface area (Å²) in [7, 11) is 2.18. The predicted molar refractivity (Wildman–Crippen MR) is 85.8 cm³/mol. The van der Waals surface area contributed by atoms with Gasteiger partial charge < -0.3 is 19.7 Å². The molecule has 0 aromatic carbocycles. The predicted octanol–water partition coefficient (Wildman–Crippen LogP) is 1.04. The van der Waals surface area contributed by atoms with E-state index >= 15 is 0 Å². The topological polar surface area (TPSA) is 55.5 Å². The van der Waals surface area contributed by atoms with Gasteiger partial charge in [-0.1, -0.05) is 0 Å². The number of piperidine rings is 1. The van der Waals surface area contributed by atoms with Gasteiger partial charge in [0.15, 0.2) is 0 Å². The molecule has 3 heterocycles. The van der Waals surface area contributed by atoms with Gasteiger partial charge in [0.25, 0.3) is 5.91 Å². The molecule has 0 saturated carbocycles. The maximum Gasteiger partial charge on any atom is 0.272 e. The van der Waals surface area contributed by atoms with Crippen molar-refractivity contribution in [2.45, 2.75) is 31.7 Å². The minimum absolute atomic E-state index is 0.112. The van der Waals surface area contributed by atoms with Crippen molar-refractivity contribution < 1.29 is 4.79 Å². The quantitative estimate of drug-likeness (QED) is 0.903. The van der Waals surface area contributed by atoms with Crippen LogP contribution in [-0.4, -0.2) is 82.9 Å². The lowest BCUT2D eigenvalue weighted by Crippen LogP contribution is -2.48. The van der Waals surface area contributed by atoms with Crippen molar-refractivity contribution in [3.05, 3.63) is 18.2 Å². The molecule has 1 aromatic heterocycles. The fourth-order valence-electron chi connectivity index (χ4n) is 3.50. The third-order valence-corrected chi connectivity index (χ3v) is 4.99. The molecule has 0 aliphatic carbocycles. The minimum atomic E-state index is 0.112. The molecule has 0 spiro atoms. The Morgan fingerprint density at radius 2 is 2.09 bits per heavy atom. The summed E-state index contributed by atoms with van der Waals surface area (Å²) in [5, 5.41) is 0. The van der Waals surface area contributed by atoms with Gasteiger partial charge in [-0.2, -0.15) is 0 Å². The van der Waals surface area contributed by atoms with Crippen LogP contribution in [0.1, 0.15) is 36.2 Å². The molecule has 2 aliphatic heterocycles. The summed E-state index contributed by atoms with van der Waals surface area (Å²) < 4.78 is 0. The summed E-state index contributed by atoms with van der Waals surface area (Å²) in [4.78, 5) is 26.5. The standard InChI is InChI=1S/C16H27N5O/c1-19-8-10-20(11-9-19)7-5-14-4-2-3-6-21(14)16(22)15-12-17-13-18-15/h12-14H,2-11H2,1H3,(H,17,18)/t14-/m1/s1. The van der Waals surface area contributed by atoms with Gasteiger partial charge in [0, 0.05) is 45.3 Å². The van der Waals surface area contributed by atoms with Crippen LogP contribution in [0.25, 0.3) is 0 Å². The molecule has 22 heavy (non-hydrogen) atoms. The van der Waals surface area contributed by atoms with Crippen molar-refractivity contribution in [1.29, 1.82) is 0 Å². The highest BCUT2D eigenvalue weighted by Gasteiger charge is 2.28. The normalized spacial score (nSPS) is 24.6. The van der Waals surface area contributed by atoms with Crippen LogP contribution in [0.15, 0.2) is 12.5 Å². The number of nitrogens with zero attached hydrogens (tertiary/aromatic N) is 4. The number of H-pyrrole nitrogens is 1. The maximum atomic E-state index is 12.6. The van der Waals surface area contributed by atoms with E-state index in [1.54, 1.807) is 12.5 Å². The average Bonchev–Trinajstić information content (AvgIpc) is 3.08. The molecule has 6 heteroatoms. The molecule has 2 saturated heterocycles. The molecule has 3 rings (SSSR count). The van der Waals surface area contributed by atoms with E-state index < -0.39 is 0 Å². The lowest BCUT2D eigenvalue weighted by Gasteiger charge is -2.38. The van der Waals surface area contributed by atoms with Gasteiger partial charge in [-0.05, 0) is 32.7 Å². The van der Waals surface area contributed by atoms with E-state index in [1.165, 1.54) is 6.42 Å². The summed E-state index contributed by atoms with van der Waals surface area (Å²) >= 11 is 0.